The van der Waals surface area contributed by atoms with E-state index < -0.39 is 0 Å². The van der Waals surface area contributed by atoms with Crippen molar-refractivity contribution in [3.05, 3.63) is 0 Å². The Morgan fingerprint density at radius 3 is 2.28 bits per heavy atom. The third-order valence-electron chi connectivity index (χ3n) is 3.56. The van der Waals surface area contributed by atoms with Crippen molar-refractivity contribution in [2.75, 3.05) is 46.9 Å². The van der Waals surface area contributed by atoms with Crippen LogP contribution in [-0.2, 0) is 0 Å². The Kier molecular flexibility index (Phi) is 8.78. The fourth-order valence-electron chi connectivity index (χ4n) is 2.37. The second kappa shape index (κ2) is 8.86. The topological polar surface area (TPSA) is 38.7 Å². The zero-order chi connectivity index (χ0) is 14.2. The molecule has 0 aromatic heterocycles. The lowest BCUT2D eigenvalue weighted by atomic mass is 9.98. The Balaban J connectivity index is 4.27. The van der Waals surface area contributed by atoms with Crippen LogP contribution in [0, 0.1) is 0 Å². The molecule has 0 aromatic rings. The van der Waals surface area contributed by atoms with Gasteiger partial charge in [0.2, 0.25) is 0 Å². The molecule has 0 spiro atoms. The predicted molar refractivity (Wildman–Crippen MR) is 79.0 cm³/mol. The van der Waals surface area contributed by atoms with E-state index in [2.05, 4.69) is 56.9 Å². The first kappa shape index (κ1) is 17.8. The van der Waals surface area contributed by atoms with Crippen molar-refractivity contribution in [1.29, 1.82) is 0 Å². The van der Waals surface area contributed by atoms with Crippen molar-refractivity contribution in [2.24, 2.45) is 0 Å². The maximum atomic E-state index is 9.50. The van der Waals surface area contributed by atoms with E-state index in [-0.39, 0.29) is 12.1 Å². The van der Waals surface area contributed by atoms with E-state index >= 15 is 0 Å². The molecule has 0 aliphatic rings. The molecule has 2 unspecified atom stereocenters. The molecule has 0 amide bonds. The van der Waals surface area contributed by atoms with Gasteiger partial charge in [0.25, 0.3) is 0 Å². The maximum absolute atomic E-state index is 9.50. The molecule has 0 saturated carbocycles. The number of nitrogens with zero attached hydrogens (tertiary/aromatic N) is 2. The Hall–Kier alpha value is -0.160. The SMILES string of the molecule is CCNC(C)(CO)CCN(CC)C(C)CN(C)C. The zero-order valence-electron chi connectivity index (χ0n) is 13.2. The van der Waals surface area contributed by atoms with Gasteiger partial charge in [-0.2, -0.15) is 0 Å². The Bertz CT molecular complexity index is 211. The number of likely N-dealkylation sites (N-methyl/N-ethyl adjacent to an activating group) is 3. The molecular weight excluding hydrogens is 226 g/mol. The summed E-state index contributed by atoms with van der Waals surface area (Å²) in [6, 6.07) is 0.551. The van der Waals surface area contributed by atoms with E-state index in [0.29, 0.717) is 6.04 Å². The molecular formula is C14H33N3O. The van der Waals surface area contributed by atoms with Crippen LogP contribution in [0.15, 0.2) is 0 Å². The van der Waals surface area contributed by atoms with Crippen LogP contribution in [0.4, 0.5) is 0 Å². The summed E-state index contributed by atoms with van der Waals surface area (Å²) < 4.78 is 0. The van der Waals surface area contributed by atoms with Crippen molar-refractivity contribution >= 4 is 0 Å². The van der Waals surface area contributed by atoms with Crippen LogP contribution in [0.2, 0.25) is 0 Å². The number of aliphatic hydroxyl groups excluding tert-OH is 1. The van der Waals surface area contributed by atoms with Gasteiger partial charge in [0.1, 0.15) is 0 Å². The molecule has 0 aliphatic heterocycles. The Morgan fingerprint density at radius 2 is 1.89 bits per heavy atom. The van der Waals surface area contributed by atoms with E-state index in [1.807, 2.05) is 0 Å². The van der Waals surface area contributed by atoms with Gasteiger partial charge in [-0.25, -0.2) is 0 Å². The van der Waals surface area contributed by atoms with E-state index in [0.717, 1.165) is 32.6 Å². The van der Waals surface area contributed by atoms with Crippen molar-refractivity contribution in [3.63, 3.8) is 0 Å². The molecule has 2 N–H and O–H groups in total. The van der Waals surface area contributed by atoms with Gasteiger partial charge in [-0.05, 0) is 47.5 Å². The van der Waals surface area contributed by atoms with Gasteiger partial charge in [0.05, 0.1) is 6.61 Å². The minimum Gasteiger partial charge on any atom is -0.394 e. The molecule has 0 aromatic carbocycles. The van der Waals surface area contributed by atoms with Crippen LogP contribution in [0.5, 0.6) is 0 Å². The van der Waals surface area contributed by atoms with Crippen molar-refractivity contribution in [1.82, 2.24) is 15.1 Å². The van der Waals surface area contributed by atoms with Gasteiger partial charge >= 0.3 is 0 Å². The summed E-state index contributed by atoms with van der Waals surface area (Å²) in [4.78, 5) is 4.70. The summed E-state index contributed by atoms with van der Waals surface area (Å²) in [6.07, 6.45) is 0.975. The van der Waals surface area contributed by atoms with Crippen molar-refractivity contribution in [3.8, 4) is 0 Å². The monoisotopic (exact) mass is 259 g/mol. The maximum Gasteiger partial charge on any atom is 0.0611 e. The molecule has 0 aliphatic carbocycles. The molecule has 2 atom stereocenters. The highest BCUT2D eigenvalue weighted by Gasteiger charge is 2.23. The quantitative estimate of drug-likeness (QED) is 0.614. The Morgan fingerprint density at radius 1 is 1.28 bits per heavy atom. The third-order valence-corrected chi connectivity index (χ3v) is 3.56. The van der Waals surface area contributed by atoms with Crippen LogP contribution >= 0.6 is 0 Å². The van der Waals surface area contributed by atoms with E-state index in [9.17, 15) is 5.11 Å². The molecule has 18 heavy (non-hydrogen) atoms. The van der Waals surface area contributed by atoms with Gasteiger partial charge in [0.15, 0.2) is 0 Å². The highest BCUT2D eigenvalue weighted by atomic mass is 16.3. The van der Waals surface area contributed by atoms with Crippen LogP contribution in [0.1, 0.15) is 34.1 Å². The second-order valence-electron chi connectivity index (χ2n) is 5.74. The van der Waals surface area contributed by atoms with E-state index in [4.69, 9.17) is 0 Å². The standard InChI is InChI=1S/C14H33N3O/c1-7-15-14(4,12-18)9-10-17(8-2)13(3)11-16(5)6/h13,15,18H,7-12H2,1-6H3. The molecule has 4 heteroatoms. The lowest BCUT2D eigenvalue weighted by Gasteiger charge is -2.35. The molecule has 0 radical (unpaired) electrons. The third kappa shape index (κ3) is 6.69. The summed E-state index contributed by atoms with van der Waals surface area (Å²) in [5.41, 5.74) is -0.153. The van der Waals surface area contributed by atoms with E-state index in [1.165, 1.54) is 0 Å². The summed E-state index contributed by atoms with van der Waals surface area (Å²) in [5, 5.41) is 12.9. The average molecular weight is 259 g/mol. The van der Waals surface area contributed by atoms with Crippen LogP contribution in [0.25, 0.3) is 0 Å². The zero-order valence-corrected chi connectivity index (χ0v) is 13.2. The van der Waals surface area contributed by atoms with Crippen LogP contribution in [-0.4, -0.2) is 73.4 Å². The molecule has 0 bridgehead atoms. The van der Waals surface area contributed by atoms with Crippen molar-refractivity contribution < 1.29 is 5.11 Å². The fourth-order valence-corrected chi connectivity index (χ4v) is 2.37. The van der Waals surface area contributed by atoms with Gasteiger partial charge in [-0.15, -0.1) is 0 Å². The molecule has 110 valence electrons. The second-order valence-corrected chi connectivity index (χ2v) is 5.74. The van der Waals surface area contributed by atoms with Crippen molar-refractivity contribution in [2.45, 2.75) is 45.7 Å². The minimum absolute atomic E-state index is 0.153. The van der Waals surface area contributed by atoms with Crippen LogP contribution in [0.3, 0.4) is 0 Å². The first-order valence-electron chi connectivity index (χ1n) is 7.13. The average Bonchev–Trinajstić information content (AvgIpc) is 2.29. The Labute approximate surface area is 113 Å². The smallest absolute Gasteiger partial charge is 0.0611 e. The molecule has 0 saturated heterocycles. The predicted octanol–water partition coefficient (Wildman–Crippen LogP) is 1.01. The normalized spacial score (nSPS) is 17.2. The molecule has 0 rings (SSSR count). The summed E-state index contributed by atoms with van der Waals surface area (Å²) in [6.45, 7) is 12.9. The molecule has 4 nitrogen and oxygen atoms in total. The number of rotatable bonds is 10. The first-order chi connectivity index (χ1) is 8.38. The summed E-state index contributed by atoms with van der Waals surface area (Å²) in [7, 11) is 4.22. The lowest BCUT2D eigenvalue weighted by Crippen LogP contribution is -2.49. The van der Waals surface area contributed by atoms with Crippen LogP contribution < -0.4 is 5.32 Å². The number of aliphatic hydroxyl groups is 1. The number of hydrogen-bond acceptors (Lipinski definition) is 4. The minimum atomic E-state index is -0.153. The first-order valence-corrected chi connectivity index (χ1v) is 7.13. The highest BCUT2D eigenvalue weighted by Crippen LogP contribution is 2.11. The van der Waals surface area contributed by atoms with Gasteiger partial charge in [-0.1, -0.05) is 13.8 Å². The number of hydrogen-bond donors (Lipinski definition) is 2. The van der Waals surface area contributed by atoms with Gasteiger partial charge < -0.3 is 15.3 Å². The van der Waals surface area contributed by atoms with E-state index in [1.54, 1.807) is 0 Å². The highest BCUT2D eigenvalue weighted by molar-refractivity contribution is 4.83. The molecule has 0 fully saturated rings. The summed E-state index contributed by atoms with van der Waals surface area (Å²) >= 11 is 0. The van der Waals surface area contributed by atoms with Gasteiger partial charge in [-0.3, -0.25) is 4.90 Å². The largest absolute Gasteiger partial charge is 0.394 e. The fraction of sp³-hybridized carbons (Fsp3) is 1.00. The number of nitrogens with one attached hydrogen (secondary N) is 1. The summed E-state index contributed by atoms with van der Waals surface area (Å²) in [5.74, 6) is 0. The molecule has 0 heterocycles. The lowest BCUT2D eigenvalue weighted by molar-refractivity contribution is 0.126. The van der Waals surface area contributed by atoms with Gasteiger partial charge in [0, 0.05) is 24.7 Å².